The maximum absolute atomic E-state index is 12.3. The second kappa shape index (κ2) is 11.7. The second-order valence-electron chi connectivity index (χ2n) is 8.48. The summed E-state index contributed by atoms with van der Waals surface area (Å²) in [6, 6.07) is 17.1. The first kappa shape index (κ1) is 25.4. The van der Waals surface area contributed by atoms with Crippen LogP contribution < -0.4 is 5.32 Å². The van der Waals surface area contributed by atoms with E-state index < -0.39 is 16.8 Å². The number of nitrogens with zero attached hydrogens (tertiary/aromatic N) is 2. The maximum atomic E-state index is 12.3. The van der Waals surface area contributed by atoms with Crippen LogP contribution in [0.25, 0.3) is 11.4 Å². The molecule has 0 unspecified atom stereocenters. The lowest BCUT2D eigenvalue weighted by Gasteiger charge is -2.18. The highest BCUT2D eigenvalue weighted by molar-refractivity contribution is 8.01. The van der Waals surface area contributed by atoms with Crippen molar-refractivity contribution >= 4 is 29.6 Å². The maximum Gasteiger partial charge on any atom is 0.413 e. The lowest BCUT2D eigenvalue weighted by Crippen LogP contribution is -2.26. The number of aliphatic carboxylic acids is 1. The van der Waals surface area contributed by atoms with E-state index in [1.54, 1.807) is 13.8 Å². The standard InChI is InChI=1S/C26H31N3O4S/c1-4-5-9-16-29-17-22(28-25(32)33-18-19-10-7-6-8-11-19)27-23(29)20-12-14-21(15-13-20)34-26(2,3)24(30)31/h6-8,10-15,17H,4-5,9,16,18H2,1-3H3,(H,28,32)(H,30,31). The van der Waals surface area contributed by atoms with E-state index in [9.17, 15) is 14.7 Å². The number of aryl methyl sites for hydroxylation is 1. The molecule has 0 atom stereocenters. The molecule has 2 aromatic carbocycles. The Morgan fingerprint density at radius 2 is 1.79 bits per heavy atom. The smallest absolute Gasteiger partial charge is 0.413 e. The zero-order valence-corrected chi connectivity index (χ0v) is 20.6. The van der Waals surface area contributed by atoms with Gasteiger partial charge in [-0.25, -0.2) is 9.78 Å². The fourth-order valence-electron chi connectivity index (χ4n) is 3.28. The Balaban J connectivity index is 1.73. The van der Waals surface area contributed by atoms with E-state index in [2.05, 4.69) is 17.2 Å². The van der Waals surface area contributed by atoms with Crippen molar-refractivity contribution in [1.82, 2.24) is 9.55 Å². The highest BCUT2D eigenvalue weighted by Crippen LogP contribution is 2.34. The van der Waals surface area contributed by atoms with E-state index in [0.29, 0.717) is 5.82 Å². The Labute approximate surface area is 204 Å². The third kappa shape index (κ3) is 7.12. The van der Waals surface area contributed by atoms with Gasteiger partial charge in [0.25, 0.3) is 0 Å². The summed E-state index contributed by atoms with van der Waals surface area (Å²) in [5.74, 6) is 0.307. The summed E-state index contributed by atoms with van der Waals surface area (Å²) >= 11 is 1.30. The summed E-state index contributed by atoms with van der Waals surface area (Å²) in [7, 11) is 0. The number of nitrogens with one attached hydrogen (secondary N) is 1. The van der Waals surface area contributed by atoms with Gasteiger partial charge in [-0.05, 0) is 38.0 Å². The molecule has 1 aromatic heterocycles. The van der Waals surface area contributed by atoms with Crippen LogP contribution in [-0.4, -0.2) is 31.5 Å². The van der Waals surface area contributed by atoms with Gasteiger partial charge >= 0.3 is 12.1 Å². The number of ether oxygens (including phenoxy) is 1. The molecule has 34 heavy (non-hydrogen) atoms. The third-order valence-electron chi connectivity index (χ3n) is 5.22. The van der Waals surface area contributed by atoms with Crippen LogP contribution >= 0.6 is 11.8 Å². The van der Waals surface area contributed by atoms with Crippen LogP contribution in [0.1, 0.15) is 45.6 Å². The number of hydrogen-bond acceptors (Lipinski definition) is 5. The number of aromatic nitrogens is 2. The highest BCUT2D eigenvalue weighted by Gasteiger charge is 2.28. The molecule has 2 N–H and O–H groups in total. The van der Waals surface area contributed by atoms with Crippen LogP contribution in [0.5, 0.6) is 0 Å². The van der Waals surface area contributed by atoms with E-state index in [1.807, 2.05) is 65.4 Å². The van der Waals surface area contributed by atoms with Gasteiger partial charge < -0.3 is 14.4 Å². The van der Waals surface area contributed by atoms with E-state index in [0.717, 1.165) is 47.7 Å². The minimum absolute atomic E-state index is 0.183. The largest absolute Gasteiger partial charge is 0.480 e. The van der Waals surface area contributed by atoms with Crippen molar-refractivity contribution in [3.8, 4) is 11.4 Å². The molecule has 1 amide bonds. The Kier molecular flexibility index (Phi) is 8.76. The number of carboxylic acids is 1. The molecule has 0 spiro atoms. The monoisotopic (exact) mass is 481 g/mol. The number of rotatable bonds is 11. The molecular weight excluding hydrogens is 450 g/mol. The summed E-state index contributed by atoms with van der Waals surface area (Å²) in [6.45, 7) is 6.48. The average Bonchev–Trinajstić information content (AvgIpc) is 3.21. The Bertz CT molecular complexity index is 1090. The number of benzene rings is 2. The predicted octanol–water partition coefficient (Wildman–Crippen LogP) is 6.44. The number of carbonyl (C=O) groups is 2. The SMILES string of the molecule is CCCCCn1cc(NC(=O)OCc2ccccc2)nc1-c1ccc(SC(C)(C)C(=O)O)cc1. The van der Waals surface area contributed by atoms with Crippen molar-refractivity contribution in [3.63, 3.8) is 0 Å². The number of imidazole rings is 1. The van der Waals surface area contributed by atoms with Crippen LogP contribution in [0.2, 0.25) is 0 Å². The van der Waals surface area contributed by atoms with E-state index >= 15 is 0 Å². The molecular formula is C26H31N3O4S. The van der Waals surface area contributed by atoms with Crippen LogP contribution in [0, 0.1) is 0 Å². The molecule has 180 valence electrons. The minimum atomic E-state index is -0.919. The summed E-state index contributed by atoms with van der Waals surface area (Å²) < 4.78 is 6.43. The number of unbranched alkanes of at least 4 members (excludes halogenated alkanes) is 2. The van der Waals surface area contributed by atoms with Crippen molar-refractivity contribution in [1.29, 1.82) is 0 Å². The molecule has 0 bridgehead atoms. The molecule has 8 heteroatoms. The quantitative estimate of drug-likeness (QED) is 0.242. The Morgan fingerprint density at radius 1 is 1.09 bits per heavy atom. The Morgan fingerprint density at radius 3 is 2.44 bits per heavy atom. The van der Waals surface area contributed by atoms with Crippen LogP contribution in [0.15, 0.2) is 65.7 Å². The van der Waals surface area contributed by atoms with E-state index in [-0.39, 0.29) is 6.61 Å². The summed E-state index contributed by atoms with van der Waals surface area (Å²) in [5, 5.41) is 12.1. The van der Waals surface area contributed by atoms with E-state index in [4.69, 9.17) is 4.74 Å². The number of anilines is 1. The Hall–Kier alpha value is -3.26. The highest BCUT2D eigenvalue weighted by atomic mass is 32.2. The zero-order valence-electron chi connectivity index (χ0n) is 19.8. The van der Waals surface area contributed by atoms with Gasteiger partial charge in [0.1, 0.15) is 17.2 Å². The van der Waals surface area contributed by atoms with Gasteiger partial charge in [-0.2, -0.15) is 0 Å². The number of carboxylic acid groups (broad SMARTS) is 1. The zero-order chi connectivity index (χ0) is 24.6. The number of thioether (sulfide) groups is 1. The topological polar surface area (TPSA) is 93.5 Å². The fourth-order valence-corrected chi connectivity index (χ4v) is 4.23. The molecule has 0 radical (unpaired) electrons. The number of hydrogen-bond donors (Lipinski definition) is 2. The van der Waals surface area contributed by atoms with Gasteiger partial charge in [-0.3, -0.25) is 10.1 Å². The molecule has 1 heterocycles. The summed E-state index contributed by atoms with van der Waals surface area (Å²) in [5.41, 5.74) is 1.80. The van der Waals surface area contributed by atoms with Crippen molar-refractivity contribution in [2.75, 3.05) is 5.32 Å². The second-order valence-corrected chi connectivity index (χ2v) is 10.2. The first-order valence-electron chi connectivity index (χ1n) is 11.4. The van der Waals surface area contributed by atoms with Crippen LogP contribution in [0.3, 0.4) is 0 Å². The van der Waals surface area contributed by atoms with Crippen molar-refractivity contribution in [2.45, 2.75) is 62.8 Å². The van der Waals surface area contributed by atoms with Gasteiger partial charge in [-0.1, -0.05) is 62.2 Å². The lowest BCUT2D eigenvalue weighted by atomic mass is 10.2. The molecule has 0 aliphatic heterocycles. The molecule has 0 saturated carbocycles. The van der Waals surface area contributed by atoms with Crippen molar-refractivity contribution < 1.29 is 19.4 Å². The average molecular weight is 482 g/mol. The van der Waals surface area contributed by atoms with Gasteiger partial charge in [0, 0.05) is 23.2 Å². The molecule has 0 saturated heterocycles. The first-order chi connectivity index (χ1) is 16.3. The van der Waals surface area contributed by atoms with E-state index in [1.165, 1.54) is 11.8 Å². The fraction of sp³-hybridized carbons (Fsp3) is 0.346. The molecule has 0 aliphatic rings. The van der Waals surface area contributed by atoms with Crippen molar-refractivity contribution in [2.24, 2.45) is 0 Å². The first-order valence-corrected chi connectivity index (χ1v) is 12.2. The third-order valence-corrected chi connectivity index (χ3v) is 6.42. The predicted molar refractivity (Wildman–Crippen MR) is 135 cm³/mol. The molecule has 3 rings (SSSR count). The van der Waals surface area contributed by atoms with Gasteiger partial charge in [-0.15, -0.1) is 11.8 Å². The van der Waals surface area contributed by atoms with Gasteiger partial charge in [0.2, 0.25) is 0 Å². The molecule has 0 aliphatic carbocycles. The number of amides is 1. The lowest BCUT2D eigenvalue weighted by molar-refractivity contribution is -0.138. The number of carbonyl (C=O) groups excluding carboxylic acids is 1. The minimum Gasteiger partial charge on any atom is -0.480 e. The summed E-state index contributed by atoms with van der Waals surface area (Å²) in [6.07, 6.45) is 4.46. The molecule has 7 nitrogen and oxygen atoms in total. The van der Waals surface area contributed by atoms with Crippen LogP contribution in [-0.2, 0) is 22.7 Å². The van der Waals surface area contributed by atoms with Crippen LogP contribution in [0.4, 0.5) is 10.6 Å². The van der Waals surface area contributed by atoms with Gasteiger partial charge in [0.15, 0.2) is 5.82 Å². The summed E-state index contributed by atoms with van der Waals surface area (Å²) in [4.78, 5) is 29.2. The molecule has 3 aromatic rings. The normalized spacial score (nSPS) is 11.3. The van der Waals surface area contributed by atoms with Crippen molar-refractivity contribution in [3.05, 3.63) is 66.4 Å². The molecule has 0 fully saturated rings. The van der Waals surface area contributed by atoms with Gasteiger partial charge in [0.05, 0.1) is 0 Å².